The Morgan fingerprint density at radius 1 is 0.814 bits per heavy atom. The summed E-state index contributed by atoms with van der Waals surface area (Å²) in [6.07, 6.45) is -4.91. The molecule has 1 saturated carbocycles. The number of fused-ring (bicyclic) bond motifs is 4. The van der Waals surface area contributed by atoms with Gasteiger partial charge >= 0.3 is 12.4 Å². The Kier molecular flexibility index (Phi) is 11.1. The van der Waals surface area contributed by atoms with E-state index in [0.29, 0.717) is 41.0 Å². The zero-order valence-electron chi connectivity index (χ0n) is 23.5. The maximum absolute atomic E-state index is 13.3. The molecule has 0 radical (unpaired) electrons. The highest BCUT2D eigenvalue weighted by atomic mass is 35.5. The number of rotatable bonds is 11. The summed E-state index contributed by atoms with van der Waals surface area (Å²) in [5, 5.41) is 3.28. The molecule has 1 N–H and O–H groups in total. The van der Waals surface area contributed by atoms with Crippen LogP contribution >= 0.6 is 23.2 Å². The molecule has 1 unspecified atom stereocenters. The second-order valence-corrected chi connectivity index (χ2v) is 12.5. The molecular weight excluding hydrogens is 617 g/mol. The first kappa shape index (κ1) is 33.6. The average molecular weight is 652 g/mol. The number of hydrogen-bond donors (Lipinski definition) is 1. The van der Waals surface area contributed by atoms with Gasteiger partial charge in [-0.25, -0.2) is 0 Å². The molecule has 2 aromatic rings. The molecule has 2 saturated heterocycles. The molecule has 3 fully saturated rings. The van der Waals surface area contributed by atoms with Crippen molar-refractivity contribution in [2.24, 2.45) is 11.8 Å². The zero-order valence-corrected chi connectivity index (χ0v) is 25.0. The Balaban J connectivity index is 1.42. The fourth-order valence-electron chi connectivity index (χ4n) is 6.07. The minimum Gasteiger partial charge on any atom is -0.346 e. The number of amides is 1. The van der Waals surface area contributed by atoms with Crippen LogP contribution in [0.2, 0.25) is 10.0 Å². The summed E-state index contributed by atoms with van der Waals surface area (Å²) in [6.45, 7) is 2.83. The predicted octanol–water partition coefficient (Wildman–Crippen LogP) is 8.16. The monoisotopic (exact) mass is 650 g/mol. The number of alkyl halides is 6. The number of benzene rings is 2. The summed E-state index contributed by atoms with van der Waals surface area (Å²) in [6, 6.07) is 4.96. The Hall–Kier alpha value is -2.30. The van der Waals surface area contributed by atoms with E-state index in [1.165, 1.54) is 31.7 Å². The molecule has 1 aliphatic carbocycles. The van der Waals surface area contributed by atoms with Gasteiger partial charge in [0, 0.05) is 25.9 Å². The third kappa shape index (κ3) is 9.85. The number of carbonyl (C=O) groups is 2. The fraction of sp³-hybridized carbons (Fsp3) is 0.548. The van der Waals surface area contributed by atoms with Crippen molar-refractivity contribution in [3.63, 3.8) is 0 Å². The summed E-state index contributed by atoms with van der Waals surface area (Å²) in [5.41, 5.74) is -2.57. The molecule has 12 heteroatoms. The lowest BCUT2D eigenvalue weighted by molar-refractivity contribution is -0.143. The molecule has 0 spiro atoms. The van der Waals surface area contributed by atoms with Gasteiger partial charge in [0.25, 0.3) is 0 Å². The van der Waals surface area contributed by atoms with E-state index in [1.54, 1.807) is 12.1 Å². The molecule has 43 heavy (non-hydrogen) atoms. The van der Waals surface area contributed by atoms with Gasteiger partial charge in [0.05, 0.1) is 27.2 Å². The van der Waals surface area contributed by atoms with Crippen LogP contribution < -0.4 is 5.32 Å². The van der Waals surface area contributed by atoms with Crippen molar-refractivity contribution in [2.75, 3.05) is 19.6 Å². The molecule has 3 aliphatic rings. The molecule has 5 rings (SSSR count). The average Bonchev–Trinajstić information content (AvgIpc) is 3.25. The molecule has 2 aliphatic heterocycles. The second-order valence-electron chi connectivity index (χ2n) is 11.7. The number of Topliss-reactive ketones (excluding diaryl/α,β-unsaturated/α-hetero) is 1. The van der Waals surface area contributed by atoms with Gasteiger partial charge in [0.1, 0.15) is 0 Å². The topological polar surface area (TPSA) is 49.4 Å². The van der Waals surface area contributed by atoms with Crippen LogP contribution in [-0.2, 0) is 34.8 Å². The molecule has 2 heterocycles. The Bertz CT molecular complexity index is 1250. The zero-order chi connectivity index (χ0) is 31.4. The van der Waals surface area contributed by atoms with Crippen LogP contribution in [0.25, 0.3) is 0 Å². The molecule has 4 nitrogen and oxygen atoms in total. The van der Waals surface area contributed by atoms with Crippen molar-refractivity contribution in [3.05, 3.63) is 68.7 Å². The van der Waals surface area contributed by atoms with Crippen molar-refractivity contribution in [1.82, 2.24) is 10.2 Å². The standard InChI is InChI=1S/C31H34Cl2F6N2O2/c32-25-9-7-22(14-26(25)33)15-27(40-29(43)2-1-11-41-17-19-3-4-20(18-41)6-5-19)28(42)10-8-21-12-23(30(34,35)36)16-24(13-21)31(37,38)39/h7,9,12-14,16,19-20,27H,1-6,8,10-11,15,17-18H2,(H,40,43). The van der Waals surface area contributed by atoms with E-state index < -0.39 is 35.3 Å². The maximum atomic E-state index is 13.3. The van der Waals surface area contributed by atoms with Crippen LogP contribution in [0.5, 0.6) is 0 Å². The molecule has 1 amide bonds. The SMILES string of the molecule is O=C(CCCN1CC2CCC(CC2)C1)NC(Cc1ccc(Cl)c(Cl)c1)C(=O)CCc1cc(C(F)(F)F)cc(C(F)(F)F)c1. The first-order chi connectivity index (χ1) is 20.2. The van der Waals surface area contributed by atoms with Gasteiger partial charge in [-0.3, -0.25) is 9.59 Å². The van der Waals surface area contributed by atoms with Crippen LogP contribution in [0.15, 0.2) is 36.4 Å². The normalized spacial score (nSPS) is 20.1. The third-order valence-corrected chi connectivity index (χ3v) is 9.07. The van der Waals surface area contributed by atoms with E-state index in [-0.39, 0.29) is 48.2 Å². The van der Waals surface area contributed by atoms with Crippen LogP contribution in [0, 0.1) is 11.8 Å². The van der Waals surface area contributed by atoms with Gasteiger partial charge in [-0.05, 0) is 105 Å². The number of halogens is 8. The number of ketones is 1. The van der Waals surface area contributed by atoms with E-state index >= 15 is 0 Å². The Morgan fingerprint density at radius 3 is 1.93 bits per heavy atom. The van der Waals surface area contributed by atoms with Crippen molar-refractivity contribution >= 4 is 34.9 Å². The molecule has 0 aromatic heterocycles. The number of carbonyl (C=O) groups excluding carboxylic acids is 2. The van der Waals surface area contributed by atoms with E-state index in [4.69, 9.17) is 23.2 Å². The summed E-state index contributed by atoms with van der Waals surface area (Å²) < 4.78 is 79.7. The molecule has 2 aromatic carbocycles. The Morgan fingerprint density at radius 2 is 1.40 bits per heavy atom. The van der Waals surface area contributed by atoms with Crippen molar-refractivity contribution in [1.29, 1.82) is 0 Å². The molecule has 2 bridgehead atoms. The van der Waals surface area contributed by atoms with Gasteiger partial charge < -0.3 is 10.2 Å². The lowest BCUT2D eigenvalue weighted by Gasteiger charge is -2.22. The smallest absolute Gasteiger partial charge is 0.346 e. The number of hydrogen-bond acceptors (Lipinski definition) is 3. The highest BCUT2D eigenvalue weighted by Gasteiger charge is 2.37. The quantitative estimate of drug-likeness (QED) is 0.250. The summed E-state index contributed by atoms with van der Waals surface area (Å²) in [4.78, 5) is 28.6. The number of nitrogens with zero attached hydrogens (tertiary/aromatic N) is 1. The highest BCUT2D eigenvalue weighted by Crippen LogP contribution is 2.37. The number of aryl methyl sites for hydroxylation is 1. The van der Waals surface area contributed by atoms with Crippen LogP contribution in [0.3, 0.4) is 0 Å². The lowest BCUT2D eigenvalue weighted by atomic mass is 9.84. The van der Waals surface area contributed by atoms with Crippen LogP contribution in [0.1, 0.15) is 67.2 Å². The summed E-state index contributed by atoms with van der Waals surface area (Å²) in [7, 11) is 0. The minimum atomic E-state index is -4.99. The third-order valence-electron chi connectivity index (χ3n) is 8.33. The fourth-order valence-corrected chi connectivity index (χ4v) is 6.39. The van der Waals surface area contributed by atoms with Gasteiger partial charge in [0.15, 0.2) is 5.78 Å². The van der Waals surface area contributed by atoms with Crippen molar-refractivity contribution < 1.29 is 35.9 Å². The number of nitrogens with one attached hydrogen (secondary N) is 1. The molecular formula is C31H34Cl2F6N2O2. The van der Waals surface area contributed by atoms with E-state index in [2.05, 4.69) is 10.2 Å². The predicted molar refractivity (Wildman–Crippen MR) is 153 cm³/mol. The van der Waals surface area contributed by atoms with Gasteiger partial charge in [-0.15, -0.1) is 0 Å². The van der Waals surface area contributed by atoms with Crippen LogP contribution in [-0.4, -0.2) is 42.3 Å². The second kappa shape index (κ2) is 14.2. The van der Waals surface area contributed by atoms with Gasteiger partial charge in [-0.1, -0.05) is 29.3 Å². The Labute approximate surface area is 257 Å². The first-order valence-corrected chi connectivity index (χ1v) is 15.2. The summed E-state index contributed by atoms with van der Waals surface area (Å²) >= 11 is 12.1. The van der Waals surface area contributed by atoms with E-state index in [1.807, 2.05) is 0 Å². The molecule has 1 atom stereocenters. The van der Waals surface area contributed by atoms with E-state index in [9.17, 15) is 35.9 Å². The van der Waals surface area contributed by atoms with Gasteiger partial charge in [0.2, 0.25) is 5.91 Å². The first-order valence-electron chi connectivity index (χ1n) is 14.4. The lowest BCUT2D eigenvalue weighted by Crippen LogP contribution is -2.42. The van der Waals surface area contributed by atoms with E-state index in [0.717, 1.165) is 19.6 Å². The maximum Gasteiger partial charge on any atom is 0.416 e. The highest BCUT2D eigenvalue weighted by molar-refractivity contribution is 6.42. The largest absolute Gasteiger partial charge is 0.416 e. The van der Waals surface area contributed by atoms with Crippen LogP contribution in [0.4, 0.5) is 26.3 Å². The minimum absolute atomic E-state index is 0.0351. The van der Waals surface area contributed by atoms with Crippen molar-refractivity contribution in [3.8, 4) is 0 Å². The van der Waals surface area contributed by atoms with Crippen molar-refractivity contribution in [2.45, 2.75) is 76.2 Å². The summed E-state index contributed by atoms with van der Waals surface area (Å²) in [5.74, 6) is 0.527. The molecule has 236 valence electrons. The van der Waals surface area contributed by atoms with Gasteiger partial charge in [-0.2, -0.15) is 26.3 Å².